The van der Waals surface area contributed by atoms with Gasteiger partial charge in [0.1, 0.15) is 5.60 Å². The molecule has 4 nitrogen and oxygen atoms in total. The molecule has 1 aliphatic carbocycles. The van der Waals surface area contributed by atoms with Crippen molar-refractivity contribution in [3.63, 3.8) is 0 Å². The molecule has 0 aromatic carbocycles. The molecule has 1 aliphatic rings. The van der Waals surface area contributed by atoms with Crippen LogP contribution in [0, 0.1) is 0 Å². The van der Waals surface area contributed by atoms with E-state index >= 15 is 0 Å². The molecule has 0 radical (unpaired) electrons. The zero-order chi connectivity index (χ0) is 12.3. The van der Waals surface area contributed by atoms with E-state index in [0.717, 1.165) is 18.7 Å². The number of nitrogens with one attached hydrogen (secondary N) is 1. The molecule has 17 heavy (non-hydrogen) atoms. The lowest BCUT2D eigenvalue weighted by Crippen LogP contribution is -2.27. The Kier molecular flexibility index (Phi) is 3.62. The average Bonchev–Trinajstić information content (AvgIpc) is 3.12. The standard InChI is InChI=1S/C13H21N3O/c1-4-13(2,3)17-12-8-7-11(15-16-12)9-14-10-5-6-10/h7-8,10,14H,4-6,9H2,1-3H3. The number of hydrogen-bond donors (Lipinski definition) is 1. The minimum absolute atomic E-state index is 0.178. The summed E-state index contributed by atoms with van der Waals surface area (Å²) in [5.41, 5.74) is 0.793. The van der Waals surface area contributed by atoms with E-state index in [-0.39, 0.29) is 5.60 Å². The highest BCUT2D eigenvalue weighted by molar-refractivity contribution is 5.12. The lowest BCUT2D eigenvalue weighted by Gasteiger charge is -2.23. The van der Waals surface area contributed by atoms with Gasteiger partial charge >= 0.3 is 0 Å². The summed E-state index contributed by atoms with van der Waals surface area (Å²) in [6, 6.07) is 4.57. The fourth-order valence-corrected chi connectivity index (χ4v) is 1.39. The largest absolute Gasteiger partial charge is 0.471 e. The summed E-state index contributed by atoms with van der Waals surface area (Å²) in [4.78, 5) is 0. The van der Waals surface area contributed by atoms with Crippen molar-refractivity contribution in [1.82, 2.24) is 15.5 Å². The Balaban J connectivity index is 1.87. The van der Waals surface area contributed by atoms with Gasteiger partial charge in [-0.3, -0.25) is 0 Å². The first-order valence-corrected chi connectivity index (χ1v) is 6.34. The van der Waals surface area contributed by atoms with Gasteiger partial charge in [0, 0.05) is 18.7 Å². The third kappa shape index (κ3) is 3.97. The summed E-state index contributed by atoms with van der Waals surface area (Å²) >= 11 is 0. The van der Waals surface area contributed by atoms with Crippen LogP contribution in [-0.4, -0.2) is 21.8 Å². The fraction of sp³-hybridized carbons (Fsp3) is 0.692. The number of nitrogens with zero attached hydrogens (tertiary/aromatic N) is 2. The predicted octanol–water partition coefficient (Wildman–Crippen LogP) is 2.30. The van der Waals surface area contributed by atoms with Crippen LogP contribution >= 0.6 is 0 Å². The number of hydrogen-bond acceptors (Lipinski definition) is 4. The molecule has 2 rings (SSSR count). The van der Waals surface area contributed by atoms with Crippen molar-refractivity contribution in [1.29, 1.82) is 0 Å². The first-order chi connectivity index (χ1) is 8.09. The number of rotatable bonds is 6. The van der Waals surface area contributed by atoms with Crippen LogP contribution < -0.4 is 10.1 Å². The summed E-state index contributed by atoms with van der Waals surface area (Å²) in [5.74, 6) is 0.604. The van der Waals surface area contributed by atoms with Crippen LogP contribution in [0.2, 0.25) is 0 Å². The predicted molar refractivity (Wildman–Crippen MR) is 66.9 cm³/mol. The van der Waals surface area contributed by atoms with Crippen LogP contribution in [0.4, 0.5) is 0 Å². The molecular weight excluding hydrogens is 214 g/mol. The zero-order valence-corrected chi connectivity index (χ0v) is 10.9. The van der Waals surface area contributed by atoms with Gasteiger partial charge in [-0.2, -0.15) is 5.10 Å². The molecule has 0 unspecified atom stereocenters. The first-order valence-electron chi connectivity index (χ1n) is 6.34. The maximum absolute atomic E-state index is 5.75. The molecule has 1 aromatic rings. The molecule has 4 heteroatoms. The smallest absolute Gasteiger partial charge is 0.233 e. The summed E-state index contributed by atoms with van der Waals surface area (Å²) < 4.78 is 5.75. The van der Waals surface area contributed by atoms with Gasteiger partial charge in [-0.25, -0.2) is 0 Å². The SMILES string of the molecule is CCC(C)(C)Oc1ccc(CNC2CC2)nn1. The second-order valence-corrected chi connectivity index (χ2v) is 5.23. The Bertz CT molecular complexity index is 357. The van der Waals surface area contributed by atoms with Gasteiger partial charge in [-0.1, -0.05) is 6.92 Å². The Morgan fingerprint density at radius 2 is 2.12 bits per heavy atom. The lowest BCUT2D eigenvalue weighted by atomic mass is 10.1. The molecule has 1 saturated carbocycles. The van der Waals surface area contributed by atoms with E-state index in [1.165, 1.54) is 12.8 Å². The number of ether oxygens (including phenoxy) is 1. The van der Waals surface area contributed by atoms with Crippen molar-refractivity contribution in [2.75, 3.05) is 0 Å². The van der Waals surface area contributed by atoms with Crippen LogP contribution in [0.25, 0.3) is 0 Å². The van der Waals surface area contributed by atoms with E-state index in [9.17, 15) is 0 Å². The van der Waals surface area contributed by atoms with Crippen molar-refractivity contribution < 1.29 is 4.74 Å². The Labute approximate surface area is 103 Å². The topological polar surface area (TPSA) is 47.0 Å². The van der Waals surface area contributed by atoms with Crippen molar-refractivity contribution in [2.24, 2.45) is 0 Å². The van der Waals surface area contributed by atoms with Gasteiger partial charge in [-0.15, -0.1) is 5.10 Å². The third-order valence-electron chi connectivity index (χ3n) is 3.08. The van der Waals surface area contributed by atoms with Crippen LogP contribution in [0.15, 0.2) is 12.1 Å². The van der Waals surface area contributed by atoms with E-state index < -0.39 is 0 Å². The Hall–Kier alpha value is -1.16. The summed E-state index contributed by atoms with van der Waals surface area (Å²) in [5, 5.41) is 11.7. The molecular formula is C13H21N3O. The molecule has 0 amide bonds. The molecule has 0 saturated heterocycles. The Morgan fingerprint density at radius 1 is 1.35 bits per heavy atom. The Morgan fingerprint density at radius 3 is 2.65 bits per heavy atom. The fourth-order valence-electron chi connectivity index (χ4n) is 1.39. The average molecular weight is 235 g/mol. The second kappa shape index (κ2) is 5.00. The molecule has 0 atom stereocenters. The molecule has 1 fully saturated rings. The van der Waals surface area contributed by atoms with Crippen LogP contribution in [0.1, 0.15) is 45.7 Å². The van der Waals surface area contributed by atoms with Crippen molar-refractivity contribution in [2.45, 2.75) is 58.2 Å². The summed E-state index contributed by atoms with van der Waals surface area (Å²) in [6.07, 6.45) is 3.53. The highest BCUT2D eigenvalue weighted by Crippen LogP contribution is 2.20. The van der Waals surface area contributed by atoms with Crippen LogP contribution in [0.5, 0.6) is 5.88 Å². The molecule has 0 aliphatic heterocycles. The first kappa shape index (κ1) is 12.3. The van der Waals surface area contributed by atoms with Gasteiger partial charge in [-0.05, 0) is 39.2 Å². The van der Waals surface area contributed by atoms with E-state index in [2.05, 4.69) is 36.3 Å². The van der Waals surface area contributed by atoms with Gasteiger partial charge < -0.3 is 10.1 Å². The minimum atomic E-state index is -0.178. The summed E-state index contributed by atoms with van der Waals surface area (Å²) in [6.45, 7) is 7.00. The highest BCUT2D eigenvalue weighted by atomic mass is 16.5. The maximum Gasteiger partial charge on any atom is 0.233 e. The highest BCUT2D eigenvalue weighted by Gasteiger charge is 2.20. The van der Waals surface area contributed by atoms with Crippen molar-refractivity contribution >= 4 is 0 Å². The van der Waals surface area contributed by atoms with E-state index in [4.69, 9.17) is 4.74 Å². The normalized spacial score (nSPS) is 15.9. The molecule has 94 valence electrons. The lowest BCUT2D eigenvalue weighted by molar-refractivity contribution is 0.0975. The van der Waals surface area contributed by atoms with Crippen LogP contribution in [0.3, 0.4) is 0 Å². The third-order valence-corrected chi connectivity index (χ3v) is 3.08. The maximum atomic E-state index is 5.75. The van der Waals surface area contributed by atoms with Crippen molar-refractivity contribution in [3.05, 3.63) is 17.8 Å². The van der Waals surface area contributed by atoms with E-state index in [1.807, 2.05) is 12.1 Å². The second-order valence-electron chi connectivity index (χ2n) is 5.23. The van der Waals surface area contributed by atoms with Gasteiger partial charge in [0.25, 0.3) is 0 Å². The van der Waals surface area contributed by atoms with E-state index in [1.54, 1.807) is 0 Å². The molecule has 0 bridgehead atoms. The van der Waals surface area contributed by atoms with Crippen LogP contribution in [-0.2, 0) is 6.54 Å². The van der Waals surface area contributed by atoms with Gasteiger partial charge in [0.15, 0.2) is 0 Å². The van der Waals surface area contributed by atoms with Gasteiger partial charge in [0.2, 0.25) is 5.88 Å². The molecule has 1 N–H and O–H groups in total. The van der Waals surface area contributed by atoms with Crippen molar-refractivity contribution in [3.8, 4) is 5.88 Å². The number of aromatic nitrogens is 2. The molecule has 0 spiro atoms. The van der Waals surface area contributed by atoms with E-state index in [0.29, 0.717) is 11.9 Å². The summed E-state index contributed by atoms with van der Waals surface area (Å²) in [7, 11) is 0. The zero-order valence-electron chi connectivity index (χ0n) is 10.9. The molecule has 1 heterocycles. The molecule has 1 aromatic heterocycles. The quantitative estimate of drug-likeness (QED) is 0.822. The monoisotopic (exact) mass is 235 g/mol. The van der Waals surface area contributed by atoms with Gasteiger partial charge in [0.05, 0.1) is 5.69 Å². The minimum Gasteiger partial charge on any atom is -0.471 e.